The van der Waals surface area contributed by atoms with E-state index in [2.05, 4.69) is 5.10 Å². The van der Waals surface area contributed by atoms with Crippen molar-refractivity contribution in [3.05, 3.63) is 18.5 Å². The second kappa shape index (κ2) is 3.09. The molecule has 12 heavy (non-hydrogen) atoms. The summed E-state index contributed by atoms with van der Waals surface area (Å²) in [6.07, 6.45) is 7.83. The summed E-state index contributed by atoms with van der Waals surface area (Å²) in [6.45, 7) is 0. The molecule has 0 aliphatic heterocycles. The van der Waals surface area contributed by atoms with Gasteiger partial charge in [0.2, 0.25) is 5.91 Å². The number of carbonyl (C=O) groups excluding carboxylic acids is 1. The number of carbonyl (C=O) groups is 1. The molecule has 0 amide bonds. The van der Waals surface area contributed by atoms with Gasteiger partial charge in [0.05, 0.1) is 0 Å². The highest BCUT2D eigenvalue weighted by Crippen LogP contribution is 2.25. The molecule has 1 fully saturated rings. The van der Waals surface area contributed by atoms with Crippen molar-refractivity contribution in [2.45, 2.75) is 25.7 Å². The number of hydrogen-bond donors (Lipinski definition) is 0. The van der Waals surface area contributed by atoms with Gasteiger partial charge in [-0.1, -0.05) is 12.8 Å². The highest BCUT2D eigenvalue weighted by Gasteiger charge is 2.23. The Morgan fingerprint density at radius 2 is 2.17 bits per heavy atom. The molecule has 0 atom stereocenters. The maximum atomic E-state index is 11.6. The van der Waals surface area contributed by atoms with Crippen LogP contribution in [0.3, 0.4) is 0 Å². The zero-order valence-corrected chi connectivity index (χ0v) is 6.94. The van der Waals surface area contributed by atoms with E-state index in [1.54, 1.807) is 18.5 Å². The SMILES string of the molecule is O=C(C1CCCC1)n1cccn1. The lowest BCUT2D eigenvalue weighted by molar-refractivity contribution is 0.0820. The van der Waals surface area contributed by atoms with Crippen molar-refractivity contribution in [1.29, 1.82) is 0 Å². The van der Waals surface area contributed by atoms with Crippen LogP contribution in [0.1, 0.15) is 30.5 Å². The van der Waals surface area contributed by atoms with Crippen LogP contribution < -0.4 is 0 Å². The minimum Gasteiger partial charge on any atom is -0.272 e. The third kappa shape index (κ3) is 1.26. The number of nitrogens with zero attached hydrogens (tertiary/aromatic N) is 2. The van der Waals surface area contributed by atoms with Crippen LogP contribution in [0.4, 0.5) is 0 Å². The summed E-state index contributed by atoms with van der Waals surface area (Å²) in [4.78, 5) is 11.6. The van der Waals surface area contributed by atoms with E-state index in [4.69, 9.17) is 0 Å². The molecule has 3 heteroatoms. The maximum absolute atomic E-state index is 11.6. The number of aromatic nitrogens is 2. The normalized spacial score (nSPS) is 18.3. The van der Waals surface area contributed by atoms with Gasteiger partial charge in [0.15, 0.2) is 0 Å². The summed E-state index contributed by atoms with van der Waals surface area (Å²) >= 11 is 0. The molecule has 3 nitrogen and oxygen atoms in total. The molecule has 1 aromatic rings. The van der Waals surface area contributed by atoms with E-state index in [-0.39, 0.29) is 11.8 Å². The Kier molecular flexibility index (Phi) is 1.94. The lowest BCUT2D eigenvalue weighted by Crippen LogP contribution is -2.19. The molecule has 2 rings (SSSR count). The van der Waals surface area contributed by atoms with Crippen molar-refractivity contribution in [3.8, 4) is 0 Å². The first-order valence-corrected chi connectivity index (χ1v) is 4.42. The van der Waals surface area contributed by atoms with Gasteiger partial charge >= 0.3 is 0 Å². The second-order valence-electron chi connectivity index (χ2n) is 3.27. The maximum Gasteiger partial charge on any atom is 0.249 e. The fourth-order valence-corrected chi connectivity index (χ4v) is 1.76. The summed E-state index contributed by atoms with van der Waals surface area (Å²) in [7, 11) is 0. The summed E-state index contributed by atoms with van der Waals surface area (Å²) in [5.74, 6) is 0.391. The first-order valence-electron chi connectivity index (χ1n) is 4.42. The van der Waals surface area contributed by atoms with Crippen LogP contribution in [0.25, 0.3) is 0 Å². The van der Waals surface area contributed by atoms with E-state index in [0.29, 0.717) is 0 Å². The Balaban J connectivity index is 2.09. The first-order chi connectivity index (χ1) is 5.88. The van der Waals surface area contributed by atoms with Crippen molar-refractivity contribution < 1.29 is 4.79 Å². The van der Waals surface area contributed by atoms with E-state index >= 15 is 0 Å². The van der Waals surface area contributed by atoms with Crippen molar-refractivity contribution in [1.82, 2.24) is 9.78 Å². The quantitative estimate of drug-likeness (QED) is 0.633. The van der Waals surface area contributed by atoms with Gasteiger partial charge in [-0.05, 0) is 18.9 Å². The molecule has 1 heterocycles. The standard InChI is InChI=1S/C9H12N2O/c12-9(8-4-1-2-5-8)11-7-3-6-10-11/h3,6-8H,1-2,4-5H2. The predicted molar refractivity (Wildman–Crippen MR) is 44.8 cm³/mol. The van der Waals surface area contributed by atoms with E-state index in [1.807, 2.05) is 0 Å². The summed E-state index contributed by atoms with van der Waals surface area (Å²) in [6, 6.07) is 1.78. The summed E-state index contributed by atoms with van der Waals surface area (Å²) < 4.78 is 1.45. The van der Waals surface area contributed by atoms with Gasteiger partial charge in [-0.15, -0.1) is 0 Å². The minimum atomic E-state index is 0.164. The Morgan fingerprint density at radius 1 is 1.42 bits per heavy atom. The molecule has 0 aromatic carbocycles. The Hall–Kier alpha value is -1.12. The molecule has 0 spiro atoms. The fourth-order valence-electron chi connectivity index (χ4n) is 1.76. The van der Waals surface area contributed by atoms with Crippen LogP contribution >= 0.6 is 0 Å². The van der Waals surface area contributed by atoms with E-state index in [1.165, 1.54) is 17.5 Å². The summed E-state index contributed by atoms with van der Waals surface area (Å²) in [5.41, 5.74) is 0. The highest BCUT2D eigenvalue weighted by molar-refractivity contribution is 5.80. The van der Waals surface area contributed by atoms with Gasteiger partial charge in [0.1, 0.15) is 0 Å². The topological polar surface area (TPSA) is 34.9 Å². The van der Waals surface area contributed by atoms with Gasteiger partial charge in [-0.2, -0.15) is 5.10 Å². The van der Waals surface area contributed by atoms with Gasteiger partial charge in [-0.25, -0.2) is 4.68 Å². The molecule has 1 saturated carbocycles. The lowest BCUT2D eigenvalue weighted by atomic mass is 10.1. The molecule has 1 aromatic heterocycles. The molecule has 0 N–H and O–H groups in total. The molecule has 0 bridgehead atoms. The van der Waals surface area contributed by atoms with E-state index in [9.17, 15) is 4.79 Å². The highest BCUT2D eigenvalue weighted by atomic mass is 16.2. The monoisotopic (exact) mass is 164 g/mol. The molecular weight excluding hydrogens is 152 g/mol. The molecule has 0 saturated heterocycles. The smallest absolute Gasteiger partial charge is 0.249 e. The number of rotatable bonds is 1. The van der Waals surface area contributed by atoms with Crippen molar-refractivity contribution in [2.75, 3.05) is 0 Å². The Labute approximate surface area is 71.4 Å². The van der Waals surface area contributed by atoms with Gasteiger partial charge in [0, 0.05) is 18.3 Å². The third-order valence-electron chi connectivity index (χ3n) is 2.43. The zero-order chi connectivity index (χ0) is 8.39. The molecular formula is C9H12N2O. The second-order valence-corrected chi connectivity index (χ2v) is 3.27. The zero-order valence-electron chi connectivity index (χ0n) is 6.94. The van der Waals surface area contributed by atoms with Gasteiger partial charge in [-0.3, -0.25) is 4.79 Å². The molecule has 0 radical (unpaired) electrons. The Bertz CT molecular complexity index is 260. The predicted octanol–water partition coefficient (Wildman–Crippen LogP) is 1.71. The van der Waals surface area contributed by atoms with Crippen LogP contribution in [-0.2, 0) is 0 Å². The molecule has 1 aliphatic carbocycles. The van der Waals surface area contributed by atoms with Crippen LogP contribution in [0.2, 0.25) is 0 Å². The van der Waals surface area contributed by atoms with Gasteiger partial charge in [0.25, 0.3) is 0 Å². The molecule has 0 unspecified atom stereocenters. The van der Waals surface area contributed by atoms with Crippen LogP contribution in [-0.4, -0.2) is 15.7 Å². The first kappa shape index (κ1) is 7.53. The number of hydrogen-bond acceptors (Lipinski definition) is 2. The Morgan fingerprint density at radius 3 is 2.75 bits per heavy atom. The van der Waals surface area contributed by atoms with Crippen LogP contribution in [0, 0.1) is 5.92 Å². The van der Waals surface area contributed by atoms with E-state index in [0.717, 1.165) is 12.8 Å². The minimum absolute atomic E-state index is 0.164. The van der Waals surface area contributed by atoms with Crippen molar-refractivity contribution in [3.63, 3.8) is 0 Å². The van der Waals surface area contributed by atoms with Crippen LogP contribution in [0.5, 0.6) is 0 Å². The average Bonchev–Trinajstić information content (AvgIpc) is 2.77. The fraction of sp³-hybridized carbons (Fsp3) is 0.556. The van der Waals surface area contributed by atoms with Crippen molar-refractivity contribution >= 4 is 5.91 Å². The van der Waals surface area contributed by atoms with E-state index < -0.39 is 0 Å². The average molecular weight is 164 g/mol. The third-order valence-corrected chi connectivity index (χ3v) is 2.43. The lowest BCUT2D eigenvalue weighted by Gasteiger charge is -2.05. The molecule has 1 aliphatic rings. The largest absolute Gasteiger partial charge is 0.272 e. The summed E-state index contributed by atoms with van der Waals surface area (Å²) in [5, 5.41) is 3.93. The van der Waals surface area contributed by atoms with Gasteiger partial charge < -0.3 is 0 Å². The van der Waals surface area contributed by atoms with Crippen LogP contribution in [0.15, 0.2) is 18.5 Å². The molecule has 64 valence electrons. The van der Waals surface area contributed by atoms with Crippen molar-refractivity contribution in [2.24, 2.45) is 5.92 Å².